The molecule has 4 heteroatoms. The molecule has 0 atom stereocenters. The van der Waals surface area contributed by atoms with E-state index < -0.39 is 5.82 Å². The van der Waals surface area contributed by atoms with E-state index in [9.17, 15) is 9.18 Å². The standard InChI is InChI=1S/C13H11FN2O/c1-9-5-11(10-3-2-4-15-7-10)6-12(14)13(9)16-8-17/h2-8H,1H3,(H,16,17). The van der Waals surface area contributed by atoms with Crippen molar-refractivity contribution in [2.45, 2.75) is 6.92 Å². The Hall–Kier alpha value is -2.23. The van der Waals surface area contributed by atoms with Gasteiger partial charge in [-0.2, -0.15) is 0 Å². The predicted octanol–water partition coefficient (Wildman–Crippen LogP) is 2.76. The molecule has 0 aliphatic carbocycles. The van der Waals surface area contributed by atoms with Crippen molar-refractivity contribution in [1.29, 1.82) is 0 Å². The number of aryl methyl sites for hydroxylation is 1. The van der Waals surface area contributed by atoms with Crippen LogP contribution < -0.4 is 5.32 Å². The summed E-state index contributed by atoms with van der Waals surface area (Å²) in [5.74, 6) is -0.448. The molecule has 0 fully saturated rings. The zero-order chi connectivity index (χ0) is 12.3. The first-order valence-corrected chi connectivity index (χ1v) is 5.13. The highest BCUT2D eigenvalue weighted by Crippen LogP contribution is 2.27. The average Bonchev–Trinajstić information content (AvgIpc) is 2.35. The number of amides is 1. The fourth-order valence-corrected chi connectivity index (χ4v) is 1.69. The van der Waals surface area contributed by atoms with Crippen LogP contribution in [0.25, 0.3) is 11.1 Å². The van der Waals surface area contributed by atoms with E-state index in [0.717, 1.165) is 11.1 Å². The number of hydrogen-bond acceptors (Lipinski definition) is 2. The quantitative estimate of drug-likeness (QED) is 0.824. The van der Waals surface area contributed by atoms with Crippen LogP contribution in [0.5, 0.6) is 0 Å². The molecule has 1 aromatic carbocycles. The van der Waals surface area contributed by atoms with Gasteiger partial charge in [-0.05, 0) is 36.2 Å². The van der Waals surface area contributed by atoms with Crippen LogP contribution in [0.15, 0.2) is 36.7 Å². The van der Waals surface area contributed by atoms with Gasteiger partial charge in [0.25, 0.3) is 0 Å². The molecule has 0 spiro atoms. The number of pyridine rings is 1. The second-order valence-electron chi connectivity index (χ2n) is 3.65. The monoisotopic (exact) mass is 230 g/mol. The van der Waals surface area contributed by atoms with Crippen molar-refractivity contribution in [2.75, 3.05) is 5.32 Å². The highest BCUT2D eigenvalue weighted by Gasteiger charge is 2.08. The largest absolute Gasteiger partial charge is 0.326 e. The molecule has 0 radical (unpaired) electrons. The van der Waals surface area contributed by atoms with Crippen molar-refractivity contribution in [3.8, 4) is 11.1 Å². The molecule has 0 unspecified atom stereocenters. The Bertz CT molecular complexity index is 517. The summed E-state index contributed by atoms with van der Waals surface area (Å²) < 4.78 is 13.7. The first-order valence-electron chi connectivity index (χ1n) is 5.13. The molecule has 1 N–H and O–H groups in total. The Labute approximate surface area is 98.3 Å². The molecule has 86 valence electrons. The van der Waals surface area contributed by atoms with Crippen LogP contribution in [-0.4, -0.2) is 11.4 Å². The smallest absolute Gasteiger partial charge is 0.211 e. The molecule has 2 aromatic rings. The van der Waals surface area contributed by atoms with Gasteiger partial charge in [0.05, 0.1) is 5.69 Å². The van der Waals surface area contributed by atoms with Gasteiger partial charge in [-0.15, -0.1) is 0 Å². The number of nitrogens with one attached hydrogen (secondary N) is 1. The third-order valence-electron chi connectivity index (χ3n) is 2.49. The van der Waals surface area contributed by atoms with E-state index in [-0.39, 0.29) is 5.69 Å². The van der Waals surface area contributed by atoms with E-state index in [1.54, 1.807) is 25.4 Å². The van der Waals surface area contributed by atoms with Crippen LogP contribution in [0, 0.1) is 12.7 Å². The Kier molecular flexibility index (Phi) is 3.14. The summed E-state index contributed by atoms with van der Waals surface area (Å²) in [6.07, 6.45) is 3.80. The number of rotatable bonds is 3. The number of hydrogen-bond donors (Lipinski definition) is 1. The highest BCUT2D eigenvalue weighted by molar-refractivity contribution is 5.76. The molecule has 3 nitrogen and oxygen atoms in total. The summed E-state index contributed by atoms with van der Waals surface area (Å²) in [5, 5.41) is 2.35. The Morgan fingerprint density at radius 2 is 2.18 bits per heavy atom. The number of carbonyl (C=O) groups is 1. The van der Waals surface area contributed by atoms with Gasteiger partial charge in [-0.1, -0.05) is 6.07 Å². The van der Waals surface area contributed by atoms with Gasteiger partial charge in [0.1, 0.15) is 5.82 Å². The number of benzene rings is 1. The SMILES string of the molecule is Cc1cc(-c2cccnc2)cc(F)c1NC=O. The fourth-order valence-electron chi connectivity index (χ4n) is 1.69. The summed E-state index contributed by atoms with van der Waals surface area (Å²) in [5.41, 5.74) is 2.47. The molecular formula is C13H11FN2O. The molecule has 1 aromatic heterocycles. The summed E-state index contributed by atoms with van der Waals surface area (Å²) in [4.78, 5) is 14.3. The van der Waals surface area contributed by atoms with Gasteiger partial charge in [0.15, 0.2) is 0 Å². The molecule has 0 bridgehead atoms. The van der Waals surface area contributed by atoms with Crippen LogP contribution in [0.2, 0.25) is 0 Å². The van der Waals surface area contributed by atoms with E-state index in [1.807, 2.05) is 12.1 Å². The third-order valence-corrected chi connectivity index (χ3v) is 2.49. The van der Waals surface area contributed by atoms with Crippen LogP contribution in [0.3, 0.4) is 0 Å². The maximum Gasteiger partial charge on any atom is 0.211 e. The lowest BCUT2D eigenvalue weighted by Crippen LogP contribution is -2.00. The van der Waals surface area contributed by atoms with Gasteiger partial charge < -0.3 is 5.32 Å². The number of nitrogens with zero attached hydrogens (tertiary/aromatic N) is 1. The van der Waals surface area contributed by atoms with Crippen molar-refractivity contribution in [1.82, 2.24) is 4.98 Å². The highest BCUT2D eigenvalue weighted by atomic mass is 19.1. The molecule has 0 aliphatic rings. The minimum atomic E-state index is -0.448. The fraction of sp³-hybridized carbons (Fsp3) is 0.0769. The predicted molar refractivity (Wildman–Crippen MR) is 64.1 cm³/mol. The van der Waals surface area contributed by atoms with Crippen LogP contribution in [0.4, 0.5) is 10.1 Å². The van der Waals surface area contributed by atoms with Gasteiger partial charge in [0.2, 0.25) is 6.41 Å². The van der Waals surface area contributed by atoms with Crippen LogP contribution in [-0.2, 0) is 4.79 Å². The van der Waals surface area contributed by atoms with Gasteiger partial charge in [-0.25, -0.2) is 4.39 Å². The number of halogens is 1. The molecular weight excluding hydrogens is 219 g/mol. The van der Waals surface area contributed by atoms with Crippen molar-refractivity contribution in [3.63, 3.8) is 0 Å². The average molecular weight is 230 g/mol. The summed E-state index contributed by atoms with van der Waals surface area (Å²) in [7, 11) is 0. The van der Waals surface area contributed by atoms with E-state index in [2.05, 4.69) is 10.3 Å². The first kappa shape index (κ1) is 11.3. The number of aromatic nitrogens is 1. The van der Waals surface area contributed by atoms with Gasteiger partial charge >= 0.3 is 0 Å². The topological polar surface area (TPSA) is 42.0 Å². The van der Waals surface area contributed by atoms with Crippen molar-refractivity contribution in [2.24, 2.45) is 0 Å². The maximum absolute atomic E-state index is 13.7. The minimum absolute atomic E-state index is 0.215. The lowest BCUT2D eigenvalue weighted by Gasteiger charge is -2.09. The van der Waals surface area contributed by atoms with E-state index in [1.165, 1.54) is 6.07 Å². The van der Waals surface area contributed by atoms with Crippen molar-refractivity contribution >= 4 is 12.1 Å². The minimum Gasteiger partial charge on any atom is -0.326 e. The second-order valence-corrected chi connectivity index (χ2v) is 3.65. The summed E-state index contributed by atoms with van der Waals surface area (Å²) in [6, 6.07) is 6.84. The number of carbonyl (C=O) groups excluding carboxylic acids is 1. The van der Waals surface area contributed by atoms with Gasteiger partial charge in [0, 0.05) is 18.0 Å². The van der Waals surface area contributed by atoms with E-state index >= 15 is 0 Å². The number of anilines is 1. The molecule has 2 rings (SSSR count). The first-order chi connectivity index (χ1) is 8.22. The normalized spacial score (nSPS) is 10.0. The lowest BCUT2D eigenvalue weighted by atomic mass is 10.0. The molecule has 0 aliphatic heterocycles. The zero-order valence-electron chi connectivity index (χ0n) is 9.27. The van der Waals surface area contributed by atoms with Crippen LogP contribution >= 0.6 is 0 Å². The third kappa shape index (κ3) is 2.30. The summed E-state index contributed by atoms with van der Waals surface area (Å²) >= 11 is 0. The van der Waals surface area contributed by atoms with Gasteiger partial charge in [-0.3, -0.25) is 9.78 Å². The summed E-state index contributed by atoms with van der Waals surface area (Å²) in [6.45, 7) is 1.74. The van der Waals surface area contributed by atoms with E-state index in [4.69, 9.17) is 0 Å². The van der Waals surface area contributed by atoms with Crippen molar-refractivity contribution < 1.29 is 9.18 Å². The molecule has 0 saturated carbocycles. The Morgan fingerprint density at radius 1 is 1.35 bits per heavy atom. The van der Waals surface area contributed by atoms with Crippen LogP contribution in [0.1, 0.15) is 5.56 Å². The lowest BCUT2D eigenvalue weighted by molar-refractivity contribution is -0.105. The maximum atomic E-state index is 13.7. The molecule has 1 heterocycles. The molecule has 17 heavy (non-hydrogen) atoms. The molecule has 1 amide bonds. The molecule has 0 saturated heterocycles. The van der Waals surface area contributed by atoms with Crippen molar-refractivity contribution in [3.05, 3.63) is 48.0 Å². The van der Waals surface area contributed by atoms with E-state index in [0.29, 0.717) is 12.0 Å². The Morgan fingerprint density at radius 3 is 2.76 bits per heavy atom. The Balaban J connectivity index is 2.49. The second kappa shape index (κ2) is 4.74. The zero-order valence-corrected chi connectivity index (χ0v) is 9.27.